The summed E-state index contributed by atoms with van der Waals surface area (Å²) in [5, 5.41) is 37.0. The number of carboxylic acid groups (broad SMARTS) is 1. The number of carboxylic acids is 1. The normalized spacial score (nSPS) is 11.7. The molecular weight excluding hydrogens is 558 g/mol. The van der Waals surface area contributed by atoms with Crippen molar-refractivity contribution in [3.63, 3.8) is 0 Å². The third-order valence-corrected chi connectivity index (χ3v) is 6.41. The van der Waals surface area contributed by atoms with Crippen LogP contribution in [-0.4, -0.2) is 65.6 Å². The van der Waals surface area contributed by atoms with Gasteiger partial charge in [0.25, 0.3) is 11.8 Å². The zero-order valence-electron chi connectivity index (χ0n) is 23.1. The lowest BCUT2D eigenvalue weighted by Gasteiger charge is -2.16. The summed E-state index contributed by atoms with van der Waals surface area (Å²) in [6.07, 6.45) is 0.0171. The zero-order valence-corrected chi connectivity index (χ0v) is 23.1. The topological polar surface area (TPSA) is 252 Å². The van der Waals surface area contributed by atoms with Crippen molar-refractivity contribution in [1.82, 2.24) is 30.6 Å². The molecular formula is C28H31N9O6. The molecule has 0 aliphatic rings. The number of aryl methyl sites for hydroxylation is 1. The number of anilines is 3. The number of nitrogen functional groups attached to an aromatic ring is 2. The van der Waals surface area contributed by atoms with Crippen LogP contribution in [0.25, 0.3) is 11.2 Å². The fourth-order valence-electron chi connectivity index (χ4n) is 4.20. The Kier molecular flexibility index (Phi) is 9.59. The second kappa shape index (κ2) is 13.5. The van der Waals surface area contributed by atoms with Gasteiger partial charge in [-0.05, 0) is 50.1 Å². The van der Waals surface area contributed by atoms with Crippen LogP contribution >= 0.6 is 0 Å². The fourth-order valence-corrected chi connectivity index (χ4v) is 4.20. The van der Waals surface area contributed by atoms with Crippen molar-refractivity contribution >= 4 is 46.4 Å². The first-order valence-electron chi connectivity index (χ1n) is 13.2. The molecule has 0 aliphatic heterocycles. The lowest BCUT2D eigenvalue weighted by molar-refractivity contribution is -0.139. The number of aromatic nitrogens is 4. The van der Waals surface area contributed by atoms with E-state index in [9.17, 15) is 29.7 Å². The van der Waals surface area contributed by atoms with E-state index in [1.807, 2.05) is 0 Å². The first kappa shape index (κ1) is 30.5. The van der Waals surface area contributed by atoms with Crippen molar-refractivity contribution in [2.24, 2.45) is 0 Å². The first-order valence-corrected chi connectivity index (χ1v) is 13.2. The fraction of sp³-hybridized carbons (Fsp3) is 0.250. The molecule has 4 rings (SSSR count). The number of carbonyl (C=O) groups is 3. The molecule has 43 heavy (non-hydrogen) atoms. The second-order valence-corrected chi connectivity index (χ2v) is 9.66. The minimum absolute atomic E-state index is 0.00605. The molecule has 1 atom stereocenters. The molecule has 2 heterocycles. The predicted octanol–water partition coefficient (Wildman–Crippen LogP) is 0.881. The van der Waals surface area contributed by atoms with Gasteiger partial charge in [0.2, 0.25) is 5.95 Å². The Bertz CT molecular complexity index is 1650. The molecule has 0 saturated carbocycles. The molecule has 224 valence electrons. The molecule has 4 aromatic rings. The highest BCUT2D eigenvalue weighted by Crippen LogP contribution is 2.19. The average molecular weight is 590 g/mol. The van der Waals surface area contributed by atoms with Crippen LogP contribution in [-0.2, 0) is 11.3 Å². The van der Waals surface area contributed by atoms with Crippen LogP contribution in [0.4, 0.5) is 17.5 Å². The molecule has 0 aliphatic carbocycles. The van der Waals surface area contributed by atoms with Crippen molar-refractivity contribution in [2.75, 3.05) is 23.3 Å². The van der Waals surface area contributed by atoms with E-state index >= 15 is 0 Å². The highest BCUT2D eigenvalue weighted by Gasteiger charge is 2.21. The number of nitrogens with two attached hydrogens (primary N) is 2. The number of aliphatic hydroxyl groups is 2. The highest BCUT2D eigenvalue weighted by molar-refractivity contribution is 5.97. The van der Waals surface area contributed by atoms with Crippen molar-refractivity contribution in [1.29, 1.82) is 0 Å². The van der Waals surface area contributed by atoms with Gasteiger partial charge in [-0.3, -0.25) is 9.59 Å². The van der Waals surface area contributed by atoms with E-state index in [0.717, 1.165) is 5.56 Å². The third kappa shape index (κ3) is 7.87. The van der Waals surface area contributed by atoms with Crippen LogP contribution in [0, 0.1) is 6.92 Å². The molecule has 0 spiro atoms. The second-order valence-electron chi connectivity index (χ2n) is 9.66. The molecule has 15 heteroatoms. The molecule has 2 amide bonds. The molecule has 0 unspecified atom stereocenters. The number of fused-ring (bicyclic) bond motifs is 1. The molecule has 0 bridgehead atoms. The SMILES string of the molecule is Cc1ccc(C(=O)NCCC[C@H](NC(=O)c2ccc(NCc3cnc4nc(N)nc(N)c4n3)cc2)C(=O)O)c(C(O)O)c1. The minimum Gasteiger partial charge on any atom is -0.480 e. The van der Waals surface area contributed by atoms with Gasteiger partial charge in [0.15, 0.2) is 23.3 Å². The van der Waals surface area contributed by atoms with Crippen LogP contribution in [0.1, 0.15) is 56.7 Å². The van der Waals surface area contributed by atoms with Crippen LogP contribution in [0.15, 0.2) is 48.7 Å². The Morgan fingerprint density at radius 3 is 2.42 bits per heavy atom. The standard InChI is InChI=1S/C28H31N9O6/c1-14-4-9-18(19(11-14)26(40)41)25(39)31-10-2-3-20(27(42)43)35-24(38)15-5-7-16(8-6-15)32-12-17-13-33-23-21(34-17)22(29)36-28(30)37-23/h4-9,11,13,20,26,32,40-41H,2-3,10,12H2,1H3,(H,31,39)(H,35,38)(H,42,43)(H4,29,30,33,36,37)/t20-/m0/s1. The monoisotopic (exact) mass is 589 g/mol. The van der Waals surface area contributed by atoms with Crippen LogP contribution < -0.4 is 27.4 Å². The first-order chi connectivity index (χ1) is 20.5. The molecule has 10 N–H and O–H groups in total. The lowest BCUT2D eigenvalue weighted by atomic mass is 10.0. The number of nitrogens with zero attached hydrogens (tertiary/aromatic N) is 4. The zero-order chi connectivity index (χ0) is 31.1. The van der Waals surface area contributed by atoms with Crippen molar-refractivity contribution in [2.45, 2.75) is 38.6 Å². The Hall–Kier alpha value is -5.41. The number of carbonyl (C=O) groups excluding carboxylic acids is 2. The highest BCUT2D eigenvalue weighted by atomic mass is 16.5. The maximum absolute atomic E-state index is 12.7. The number of rotatable bonds is 12. The summed E-state index contributed by atoms with van der Waals surface area (Å²) in [6.45, 7) is 2.16. The van der Waals surface area contributed by atoms with Gasteiger partial charge in [-0.25, -0.2) is 14.8 Å². The van der Waals surface area contributed by atoms with Crippen molar-refractivity contribution in [3.05, 3.63) is 76.6 Å². The molecule has 0 fully saturated rings. The number of benzene rings is 2. The van der Waals surface area contributed by atoms with E-state index in [2.05, 4.69) is 35.9 Å². The maximum Gasteiger partial charge on any atom is 0.326 e. The van der Waals surface area contributed by atoms with E-state index < -0.39 is 30.1 Å². The van der Waals surface area contributed by atoms with Gasteiger partial charge in [0.05, 0.1) is 18.4 Å². The summed E-state index contributed by atoms with van der Waals surface area (Å²) in [4.78, 5) is 53.5. The van der Waals surface area contributed by atoms with Gasteiger partial charge in [-0.1, -0.05) is 17.7 Å². The van der Waals surface area contributed by atoms with Gasteiger partial charge in [-0.2, -0.15) is 9.97 Å². The Balaban J connectivity index is 1.27. The van der Waals surface area contributed by atoms with Gasteiger partial charge in [0.1, 0.15) is 6.04 Å². The van der Waals surface area contributed by atoms with Crippen LogP contribution in [0.3, 0.4) is 0 Å². The molecule has 0 radical (unpaired) electrons. The van der Waals surface area contributed by atoms with Crippen molar-refractivity contribution in [3.8, 4) is 0 Å². The number of hydrogen-bond donors (Lipinski definition) is 8. The van der Waals surface area contributed by atoms with Gasteiger partial charge < -0.3 is 42.7 Å². The Morgan fingerprint density at radius 1 is 0.977 bits per heavy atom. The summed E-state index contributed by atoms with van der Waals surface area (Å²) < 4.78 is 0. The summed E-state index contributed by atoms with van der Waals surface area (Å²) in [5.41, 5.74) is 14.5. The smallest absolute Gasteiger partial charge is 0.326 e. The Labute approximate surface area is 245 Å². The van der Waals surface area contributed by atoms with Gasteiger partial charge in [-0.15, -0.1) is 0 Å². The molecule has 0 saturated heterocycles. The number of aliphatic carboxylic acids is 1. The molecule has 15 nitrogen and oxygen atoms in total. The van der Waals surface area contributed by atoms with Gasteiger partial charge in [0, 0.05) is 28.9 Å². The third-order valence-electron chi connectivity index (χ3n) is 6.41. The average Bonchev–Trinajstić information content (AvgIpc) is 2.97. The predicted molar refractivity (Wildman–Crippen MR) is 157 cm³/mol. The van der Waals surface area contributed by atoms with Gasteiger partial charge >= 0.3 is 5.97 Å². The molecule has 2 aromatic carbocycles. The Morgan fingerprint density at radius 2 is 1.72 bits per heavy atom. The number of amides is 2. The quantitative estimate of drug-likeness (QED) is 0.0845. The number of hydrogen-bond acceptors (Lipinski definition) is 12. The maximum atomic E-state index is 12.7. The van der Waals surface area contributed by atoms with E-state index in [1.54, 1.807) is 37.3 Å². The van der Waals surface area contributed by atoms with Crippen LogP contribution in [0.5, 0.6) is 0 Å². The summed E-state index contributed by atoms with van der Waals surface area (Å²) in [6, 6.07) is 9.89. The molecule has 2 aromatic heterocycles. The van der Waals surface area contributed by atoms with E-state index in [0.29, 0.717) is 23.4 Å². The van der Waals surface area contributed by atoms with Crippen molar-refractivity contribution < 1.29 is 29.7 Å². The van der Waals surface area contributed by atoms with E-state index in [-0.39, 0.29) is 53.5 Å². The summed E-state index contributed by atoms with van der Waals surface area (Å²) >= 11 is 0. The summed E-state index contributed by atoms with van der Waals surface area (Å²) in [7, 11) is 0. The van der Waals surface area contributed by atoms with E-state index in [4.69, 9.17) is 11.5 Å². The number of nitrogens with one attached hydrogen (secondary N) is 3. The minimum atomic E-state index is -1.81. The van der Waals surface area contributed by atoms with Crippen LogP contribution in [0.2, 0.25) is 0 Å². The largest absolute Gasteiger partial charge is 0.480 e. The van der Waals surface area contributed by atoms with E-state index in [1.165, 1.54) is 18.3 Å². The summed E-state index contributed by atoms with van der Waals surface area (Å²) in [5.74, 6) is -2.18. The number of aliphatic hydroxyl groups excluding tert-OH is 1. The lowest BCUT2D eigenvalue weighted by Crippen LogP contribution is -2.41.